The lowest BCUT2D eigenvalue weighted by Crippen LogP contribution is -2.45. The highest BCUT2D eigenvalue weighted by Crippen LogP contribution is 2.39. The van der Waals surface area contributed by atoms with Crippen molar-refractivity contribution in [3.8, 4) is 0 Å². The minimum absolute atomic E-state index is 0.200. The average molecular weight is 772 g/mol. The van der Waals surface area contributed by atoms with Crippen molar-refractivity contribution in [1.82, 2.24) is 38.7 Å². The smallest absolute Gasteiger partial charge is 0.305 e. The van der Waals surface area contributed by atoms with E-state index in [1.54, 1.807) is 28.4 Å². The number of likely N-dealkylation sites (N-methyl/N-ethyl adjacent to an activating group) is 1. The van der Waals surface area contributed by atoms with Gasteiger partial charge in [-0.15, -0.1) is 0 Å². The maximum atomic E-state index is 13.6. The largest absolute Gasteiger partial charge is 0.433 e. The number of imide groups is 1. The highest BCUT2D eigenvalue weighted by molar-refractivity contribution is 6.03. The van der Waals surface area contributed by atoms with Crippen LogP contribution in [-0.2, 0) is 22.8 Å². The van der Waals surface area contributed by atoms with Gasteiger partial charge >= 0.3 is 11.9 Å². The third kappa shape index (κ3) is 6.99. The number of carbonyl (C=O) groups is 3. The van der Waals surface area contributed by atoms with Crippen LogP contribution >= 0.6 is 0 Å². The molecule has 0 radical (unpaired) electrons. The Morgan fingerprint density at radius 3 is 2.45 bits per heavy atom. The van der Waals surface area contributed by atoms with Crippen LogP contribution in [0.25, 0.3) is 21.9 Å². The maximum absolute atomic E-state index is 13.6. The van der Waals surface area contributed by atoms with Crippen LogP contribution in [0.1, 0.15) is 96.7 Å². The second-order valence-corrected chi connectivity index (χ2v) is 15.6. The van der Waals surface area contributed by atoms with Crippen LogP contribution in [0.5, 0.6) is 0 Å². The molecule has 1 unspecified atom stereocenters. The average Bonchev–Trinajstić information content (AvgIpc) is 3.72. The van der Waals surface area contributed by atoms with Crippen molar-refractivity contribution in [2.45, 2.75) is 82.5 Å². The molecule has 0 spiro atoms. The Labute approximate surface area is 320 Å². The molecule has 4 aromatic heterocycles. The molecular weight excluding hydrogens is 727 g/mol. The number of benzene rings is 1. The van der Waals surface area contributed by atoms with E-state index in [9.17, 15) is 32.3 Å². The minimum atomic E-state index is -4.66. The zero-order valence-electron chi connectivity index (χ0n) is 31.6. The van der Waals surface area contributed by atoms with E-state index in [1.807, 2.05) is 16.9 Å². The van der Waals surface area contributed by atoms with Crippen molar-refractivity contribution in [3.05, 3.63) is 81.8 Å². The maximum Gasteiger partial charge on any atom is 0.433 e. The van der Waals surface area contributed by atoms with Crippen LogP contribution < -0.4 is 11.0 Å². The Morgan fingerprint density at radius 1 is 0.964 bits per heavy atom. The number of aryl methyl sites for hydroxylation is 2. The number of anilines is 1. The van der Waals surface area contributed by atoms with E-state index in [0.29, 0.717) is 17.9 Å². The van der Waals surface area contributed by atoms with Gasteiger partial charge in [0.2, 0.25) is 5.91 Å². The van der Waals surface area contributed by atoms with E-state index in [0.717, 1.165) is 97.2 Å². The molecule has 1 aromatic carbocycles. The van der Waals surface area contributed by atoms with Gasteiger partial charge in [0.05, 0.1) is 23.3 Å². The first-order valence-corrected chi connectivity index (χ1v) is 19.2. The number of hydrogen-bond donors (Lipinski definition) is 1. The number of nitrogens with one attached hydrogen (secondary N) is 1. The third-order valence-corrected chi connectivity index (χ3v) is 12.1. The summed E-state index contributed by atoms with van der Waals surface area (Å²) >= 11 is 0. The Hall–Kier alpha value is -5.38. The molecule has 3 amide bonds. The summed E-state index contributed by atoms with van der Waals surface area (Å²) in [5.74, 6) is -0.290. The van der Waals surface area contributed by atoms with Crippen LogP contribution in [0.2, 0.25) is 0 Å². The van der Waals surface area contributed by atoms with Gasteiger partial charge in [-0.1, -0.05) is 12.1 Å². The number of pyridine rings is 2. The summed E-state index contributed by atoms with van der Waals surface area (Å²) in [7, 11) is 3.27. The number of alkyl halides is 3. The fraction of sp³-hybridized carbons (Fsp3) is 0.475. The summed E-state index contributed by atoms with van der Waals surface area (Å²) in [6, 6.07) is 8.37. The second-order valence-electron chi connectivity index (χ2n) is 15.6. The molecule has 1 aliphatic carbocycles. The number of halogens is 3. The van der Waals surface area contributed by atoms with Gasteiger partial charge in [0.1, 0.15) is 28.8 Å². The zero-order valence-corrected chi connectivity index (χ0v) is 31.6. The van der Waals surface area contributed by atoms with Gasteiger partial charge in [0, 0.05) is 38.6 Å². The lowest BCUT2D eigenvalue weighted by molar-refractivity contribution is -0.149. The van der Waals surface area contributed by atoms with Gasteiger partial charge in [0.15, 0.2) is 0 Å². The van der Waals surface area contributed by atoms with E-state index in [4.69, 9.17) is 5.10 Å². The van der Waals surface area contributed by atoms with Crippen molar-refractivity contribution in [2.75, 3.05) is 32.0 Å². The molecule has 16 heteroatoms. The molecule has 3 fully saturated rings. The van der Waals surface area contributed by atoms with Gasteiger partial charge in [0.25, 0.3) is 11.8 Å². The van der Waals surface area contributed by atoms with Crippen LogP contribution in [0.4, 0.5) is 19.0 Å². The molecular formula is C40H44F3N9O4. The molecule has 8 rings (SSSR count). The summed E-state index contributed by atoms with van der Waals surface area (Å²) in [5.41, 5.74) is 2.89. The fourth-order valence-corrected chi connectivity index (χ4v) is 9.02. The highest BCUT2D eigenvalue weighted by Gasteiger charge is 2.37. The standard InChI is InChI=1S/C40H44F3N9O4/c1-23-7-12-30-36(49(3)39(56)52(30)31-13-14-34(53)48(2)38(31)55)35(23)25-15-17-50(18-16-25)21-24-8-10-27(11-9-24)51-22-26-19-33(44-20-29(26)47-51)46-37(54)28-5-4-6-32(45-28)40(41,42)43/h4-7,12,19-20,22,24-25,27,31H,8-11,13-18,21H2,1-3H3,(H,46,54). The van der Waals surface area contributed by atoms with E-state index in [1.165, 1.54) is 18.7 Å². The Bertz CT molecular complexity index is 2400. The topological polar surface area (TPSA) is 140 Å². The van der Waals surface area contributed by atoms with Crippen LogP contribution in [0.15, 0.2) is 53.6 Å². The molecule has 2 aliphatic heterocycles. The van der Waals surface area contributed by atoms with E-state index < -0.39 is 23.8 Å². The third-order valence-electron chi connectivity index (χ3n) is 12.1. The number of piperidine rings is 2. The minimum Gasteiger partial charge on any atom is -0.305 e. The lowest BCUT2D eigenvalue weighted by atomic mass is 9.83. The number of nitrogens with zero attached hydrogens (tertiary/aromatic N) is 8. The quantitative estimate of drug-likeness (QED) is 0.199. The molecule has 1 N–H and O–H groups in total. The molecule has 1 atom stereocenters. The van der Waals surface area contributed by atoms with Crippen molar-refractivity contribution in [3.63, 3.8) is 0 Å². The van der Waals surface area contributed by atoms with Crippen LogP contribution in [0.3, 0.4) is 0 Å². The molecule has 294 valence electrons. The molecule has 3 aliphatic rings. The number of likely N-dealkylation sites (tertiary alicyclic amines) is 2. The summed E-state index contributed by atoms with van der Waals surface area (Å²) < 4.78 is 44.5. The van der Waals surface area contributed by atoms with Gasteiger partial charge < -0.3 is 10.2 Å². The summed E-state index contributed by atoms with van der Waals surface area (Å²) in [5, 5.41) is 8.07. The number of fused-ring (bicyclic) bond motifs is 2. The monoisotopic (exact) mass is 771 g/mol. The lowest BCUT2D eigenvalue weighted by Gasteiger charge is -2.37. The predicted molar refractivity (Wildman–Crippen MR) is 202 cm³/mol. The van der Waals surface area contributed by atoms with Gasteiger partial charge in [-0.2, -0.15) is 18.3 Å². The summed E-state index contributed by atoms with van der Waals surface area (Å²) in [4.78, 5) is 63.0. The highest BCUT2D eigenvalue weighted by atomic mass is 19.4. The molecule has 2 saturated heterocycles. The first-order chi connectivity index (χ1) is 26.8. The van der Waals surface area contributed by atoms with E-state index in [-0.39, 0.29) is 47.4 Å². The Balaban J connectivity index is 0.872. The molecule has 13 nitrogen and oxygen atoms in total. The second kappa shape index (κ2) is 14.6. The molecule has 0 bridgehead atoms. The molecule has 6 heterocycles. The molecule has 5 aromatic rings. The van der Waals surface area contributed by atoms with Gasteiger partial charge in [-0.05, 0) is 112 Å². The Morgan fingerprint density at radius 2 is 1.71 bits per heavy atom. The van der Waals surface area contributed by atoms with Gasteiger partial charge in [-0.3, -0.25) is 33.1 Å². The predicted octanol–water partition coefficient (Wildman–Crippen LogP) is 5.99. The van der Waals surface area contributed by atoms with Crippen molar-refractivity contribution in [1.29, 1.82) is 0 Å². The zero-order chi connectivity index (χ0) is 39.5. The van der Waals surface area contributed by atoms with E-state index >= 15 is 0 Å². The summed E-state index contributed by atoms with van der Waals surface area (Å²) in [6.07, 6.45) is 5.42. The fourth-order valence-electron chi connectivity index (χ4n) is 9.02. The Kier molecular flexibility index (Phi) is 9.79. The van der Waals surface area contributed by atoms with Crippen LogP contribution in [0, 0.1) is 12.8 Å². The number of hydrogen-bond acceptors (Lipinski definition) is 8. The van der Waals surface area contributed by atoms with Crippen molar-refractivity contribution >= 4 is 45.5 Å². The molecule has 1 saturated carbocycles. The van der Waals surface area contributed by atoms with Gasteiger partial charge in [-0.25, -0.2) is 14.8 Å². The van der Waals surface area contributed by atoms with Crippen LogP contribution in [-0.4, -0.2) is 83.1 Å². The number of amides is 3. The number of aromatic nitrogens is 6. The normalized spacial score (nSPS) is 21.7. The number of imidazole rings is 1. The first kappa shape index (κ1) is 37.5. The summed E-state index contributed by atoms with van der Waals surface area (Å²) in [6.45, 7) is 5.05. The SMILES string of the molecule is Cc1ccc2c(c1C1CCN(CC3CCC(n4cc5cc(NC(=O)c6cccc(C(F)(F)F)n6)ncc5n4)CC3)CC1)n(C)c(=O)n2C1CCC(=O)N(C)C1=O. The van der Waals surface area contributed by atoms with E-state index in [2.05, 4.69) is 33.2 Å². The number of rotatable bonds is 7. The van der Waals surface area contributed by atoms with Crippen molar-refractivity contribution < 1.29 is 27.6 Å². The first-order valence-electron chi connectivity index (χ1n) is 19.2. The number of carbonyl (C=O) groups excluding carboxylic acids is 3. The molecule has 56 heavy (non-hydrogen) atoms. The van der Waals surface area contributed by atoms with Crippen molar-refractivity contribution in [2.24, 2.45) is 13.0 Å².